The fourth-order valence-electron chi connectivity index (χ4n) is 4.19. The van der Waals surface area contributed by atoms with E-state index in [1.54, 1.807) is 11.8 Å². The molecule has 1 aromatic carbocycles. The highest BCUT2D eigenvalue weighted by Crippen LogP contribution is 2.61. The summed E-state index contributed by atoms with van der Waals surface area (Å²) >= 11 is 1.61. The number of carboxylic acid groups (broad SMARTS) is 1. The maximum absolute atomic E-state index is 11.9. The van der Waals surface area contributed by atoms with Crippen LogP contribution in [-0.2, 0) is 14.3 Å². The highest BCUT2D eigenvalue weighted by atomic mass is 32.2. The van der Waals surface area contributed by atoms with Gasteiger partial charge in [0.15, 0.2) is 0 Å². The zero-order valence-electron chi connectivity index (χ0n) is 11.1. The van der Waals surface area contributed by atoms with Gasteiger partial charge in [0.1, 0.15) is 6.10 Å². The second kappa shape index (κ2) is 4.40. The van der Waals surface area contributed by atoms with Crippen LogP contribution in [-0.4, -0.2) is 28.4 Å². The molecule has 21 heavy (non-hydrogen) atoms. The van der Waals surface area contributed by atoms with Crippen molar-refractivity contribution in [3.05, 3.63) is 24.3 Å². The Hall–Kier alpha value is -1.69. The maximum Gasteiger partial charge on any atom is 0.310 e. The van der Waals surface area contributed by atoms with Crippen molar-refractivity contribution in [1.29, 1.82) is 0 Å². The van der Waals surface area contributed by atoms with Crippen molar-refractivity contribution in [3.63, 3.8) is 0 Å². The summed E-state index contributed by atoms with van der Waals surface area (Å²) in [4.78, 5) is 24.5. The first kappa shape index (κ1) is 13.0. The third-order valence-electron chi connectivity index (χ3n) is 4.98. The van der Waals surface area contributed by atoms with E-state index in [0.29, 0.717) is 5.69 Å². The number of carbonyl (C=O) groups excluding carboxylic acids is 1. The number of benzene rings is 1. The smallest absolute Gasteiger partial charge is 0.310 e. The summed E-state index contributed by atoms with van der Waals surface area (Å²) in [6.45, 7) is 0. The third kappa shape index (κ3) is 1.78. The van der Waals surface area contributed by atoms with E-state index < -0.39 is 17.8 Å². The molecule has 3 N–H and O–H groups in total. The number of ether oxygens (including phenoxy) is 1. The predicted octanol–water partition coefficient (Wildman–Crippen LogP) is 1.62. The monoisotopic (exact) mass is 305 g/mol. The molecule has 6 atom stereocenters. The molecule has 2 bridgehead atoms. The molecule has 4 rings (SSSR count). The van der Waals surface area contributed by atoms with Gasteiger partial charge in [-0.25, -0.2) is 0 Å². The highest BCUT2D eigenvalue weighted by molar-refractivity contribution is 8.00. The van der Waals surface area contributed by atoms with Crippen LogP contribution in [0.5, 0.6) is 0 Å². The number of aliphatic carboxylic acids is 1. The van der Waals surface area contributed by atoms with E-state index in [-0.39, 0.29) is 29.2 Å². The molecule has 3 fully saturated rings. The predicted molar refractivity (Wildman–Crippen MR) is 76.6 cm³/mol. The number of nitrogen functional groups attached to an aromatic ring is 1. The van der Waals surface area contributed by atoms with Gasteiger partial charge in [-0.05, 0) is 36.6 Å². The van der Waals surface area contributed by atoms with E-state index in [1.165, 1.54) is 0 Å². The number of hydrogen-bond donors (Lipinski definition) is 2. The maximum atomic E-state index is 11.9. The van der Waals surface area contributed by atoms with Gasteiger partial charge in [0.05, 0.1) is 17.1 Å². The summed E-state index contributed by atoms with van der Waals surface area (Å²) in [6.07, 6.45) is 0.649. The van der Waals surface area contributed by atoms with E-state index in [0.717, 1.165) is 11.3 Å². The van der Waals surface area contributed by atoms with Crippen molar-refractivity contribution in [2.45, 2.75) is 22.7 Å². The molecule has 2 saturated carbocycles. The first-order chi connectivity index (χ1) is 10.1. The summed E-state index contributed by atoms with van der Waals surface area (Å²) in [7, 11) is 0. The molecule has 0 spiro atoms. The quantitative estimate of drug-likeness (QED) is 0.651. The average molecular weight is 305 g/mol. The largest absolute Gasteiger partial charge is 0.481 e. The fraction of sp³-hybridized carbons (Fsp3) is 0.467. The third-order valence-corrected chi connectivity index (χ3v) is 6.42. The number of carboxylic acids is 1. The van der Waals surface area contributed by atoms with Crippen molar-refractivity contribution in [3.8, 4) is 0 Å². The zero-order chi connectivity index (χ0) is 14.7. The Morgan fingerprint density at radius 3 is 2.67 bits per heavy atom. The van der Waals surface area contributed by atoms with Gasteiger partial charge in [-0.2, -0.15) is 0 Å². The van der Waals surface area contributed by atoms with E-state index in [1.807, 2.05) is 24.3 Å². The summed E-state index contributed by atoms with van der Waals surface area (Å²) in [5.74, 6) is -2.12. The first-order valence-corrected chi connectivity index (χ1v) is 7.90. The number of fused-ring (bicyclic) bond motifs is 1. The lowest BCUT2D eigenvalue weighted by molar-refractivity contribution is -0.151. The van der Waals surface area contributed by atoms with Gasteiger partial charge < -0.3 is 15.6 Å². The lowest BCUT2D eigenvalue weighted by Crippen LogP contribution is -2.39. The first-order valence-electron chi connectivity index (χ1n) is 7.02. The van der Waals surface area contributed by atoms with Gasteiger partial charge in [0, 0.05) is 16.5 Å². The number of rotatable bonds is 3. The van der Waals surface area contributed by atoms with Crippen LogP contribution in [0.15, 0.2) is 29.2 Å². The van der Waals surface area contributed by atoms with E-state index in [4.69, 9.17) is 10.5 Å². The minimum absolute atomic E-state index is 0.0107. The molecule has 0 radical (unpaired) electrons. The summed E-state index contributed by atoms with van der Waals surface area (Å²) in [6, 6.07) is 7.51. The van der Waals surface area contributed by atoms with Crippen molar-refractivity contribution < 1.29 is 19.4 Å². The van der Waals surface area contributed by atoms with Crippen molar-refractivity contribution in [2.24, 2.45) is 23.7 Å². The second-order valence-electron chi connectivity index (χ2n) is 6.01. The SMILES string of the molecule is Nc1ccc(SC2C3CC4C2OC(=O)C4C3C(=O)O)cc1. The Morgan fingerprint density at radius 2 is 2.00 bits per heavy atom. The molecule has 6 unspecified atom stereocenters. The molecular formula is C15H15NO4S. The van der Waals surface area contributed by atoms with Gasteiger partial charge in [0.25, 0.3) is 0 Å². The van der Waals surface area contributed by atoms with E-state index in [2.05, 4.69) is 0 Å². The molecule has 110 valence electrons. The van der Waals surface area contributed by atoms with Gasteiger partial charge in [0.2, 0.25) is 0 Å². The average Bonchev–Trinajstić information content (AvgIpc) is 3.04. The van der Waals surface area contributed by atoms with Gasteiger partial charge in [-0.15, -0.1) is 11.8 Å². The van der Waals surface area contributed by atoms with Crippen LogP contribution in [0.4, 0.5) is 5.69 Å². The van der Waals surface area contributed by atoms with Crippen LogP contribution >= 0.6 is 11.8 Å². The molecule has 2 aliphatic carbocycles. The molecule has 1 heterocycles. The van der Waals surface area contributed by atoms with Crippen LogP contribution in [0.1, 0.15) is 6.42 Å². The number of hydrogen-bond acceptors (Lipinski definition) is 5. The lowest BCUT2D eigenvalue weighted by Gasteiger charge is -2.29. The van der Waals surface area contributed by atoms with Gasteiger partial charge >= 0.3 is 11.9 Å². The van der Waals surface area contributed by atoms with E-state index >= 15 is 0 Å². The Kier molecular flexibility index (Phi) is 2.73. The summed E-state index contributed by atoms with van der Waals surface area (Å²) in [5, 5.41) is 9.49. The topological polar surface area (TPSA) is 89.6 Å². The van der Waals surface area contributed by atoms with Crippen LogP contribution in [0.3, 0.4) is 0 Å². The Balaban J connectivity index is 1.63. The summed E-state index contributed by atoms with van der Waals surface area (Å²) in [5.41, 5.74) is 6.38. The number of nitrogens with two attached hydrogens (primary N) is 1. The van der Waals surface area contributed by atoms with Gasteiger partial charge in [-0.1, -0.05) is 0 Å². The molecule has 1 aliphatic heterocycles. The molecule has 1 aromatic rings. The molecule has 5 nitrogen and oxygen atoms in total. The Labute approximate surface area is 125 Å². The van der Waals surface area contributed by atoms with Crippen LogP contribution in [0, 0.1) is 23.7 Å². The molecular weight excluding hydrogens is 290 g/mol. The second-order valence-corrected chi connectivity index (χ2v) is 7.26. The van der Waals surface area contributed by atoms with Crippen molar-refractivity contribution in [1.82, 2.24) is 0 Å². The van der Waals surface area contributed by atoms with Crippen molar-refractivity contribution in [2.75, 3.05) is 5.73 Å². The minimum atomic E-state index is -0.868. The molecule has 6 heteroatoms. The molecule has 1 saturated heterocycles. The standard InChI is InChI=1S/C15H15NO4S/c16-6-1-3-7(4-2-6)21-13-9-5-8-11(10(9)14(17)18)15(19)20-12(8)13/h1-4,8-13H,5,16H2,(H,17,18). The zero-order valence-corrected chi connectivity index (χ0v) is 12.0. The number of esters is 1. The Bertz CT molecular complexity index is 617. The number of anilines is 1. The van der Waals surface area contributed by atoms with Gasteiger partial charge in [-0.3, -0.25) is 9.59 Å². The number of thioether (sulfide) groups is 1. The van der Waals surface area contributed by atoms with Crippen molar-refractivity contribution >= 4 is 29.4 Å². The van der Waals surface area contributed by atoms with Crippen LogP contribution in [0.2, 0.25) is 0 Å². The van der Waals surface area contributed by atoms with E-state index in [9.17, 15) is 14.7 Å². The highest BCUT2D eigenvalue weighted by Gasteiger charge is 2.68. The van der Waals surface area contributed by atoms with Crippen LogP contribution < -0.4 is 5.73 Å². The minimum Gasteiger partial charge on any atom is -0.481 e. The summed E-state index contributed by atoms with van der Waals surface area (Å²) < 4.78 is 5.48. The normalized spacial score (nSPS) is 39.5. The molecule has 3 aliphatic rings. The van der Waals surface area contributed by atoms with Crippen LogP contribution in [0.25, 0.3) is 0 Å². The lowest BCUT2D eigenvalue weighted by atomic mass is 9.80. The Morgan fingerprint density at radius 1 is 1.29 bits per heavy atom. The molecule has 0 aromatic heterocycles. The fourth-order valence-corrected chi connectivity index (χ4v) is 5.64. The number of carbonyl (C=O) groups is 2. The molecule has 0 amide bonds.